The zero-order valence-corrected chi connectivity index (χ0v) is 18.8. The molecule has 1 heterocycles. The van der Waals surface area contributed by atoms with Gasteiger partial charge in [-0.3, -0.25) is 14.7 Å². The molecule has 0 radical (unpaired) electrons. The van der Waals surface area contributed by atoms with Crippen molar-refractivity contribution >= 4 is 52.5 Å². The summed E-state index contributed by atoms with van der Waals surface area (Å²) in [5.74, 6) is 0.210. The Morgan fingerprint density at radius 3 is 2.74 bits per heavy atom. The number of hydrogen-bond acceptors (Lipinski definition) is 6. The third-order valence-corrected chi connectivity index (χ3v) is 5.76. The quantitative estimate of drug-likeness (QED) is 0.466. The first kappa shape index (κ1) is 23.1. The summed E-state index contributed by atoms with van der Waals surface area (Å²) in [4.78, 5) is 30.6. The predicted molar refractivity (Wildman–Crippen MR) is 126 cm³/mol. The van der Waals surface area contributed by atoms with E-state index in [4.69, 9.17) is 16.3 Å². The molecule has 1 atom stereocenters. The number of halogens is 1. The first-order valence-corrected chi connectivity index (χ1v) is 11.0. The molecule has 0 aliphatic carbocycles. The lowest BCUT2D eigenvalue weighted by Gasteiger charge is -2.18. The second-order valence-electron chi connectivity index (χ2n) is 6.91. The van der Waals surface area contributed by atoms with Crippen LogP contribution in [0.5, 0.6) is 5.75 Å². The maximum atomic E-state index is 13.2. The highest BCUT2D eigenvalue weighted by Crippen LogP contribution is 2.38. The molecular formula is C23H23ClN2O4S. The summed E-state index contributed by atoms with van der Waals surface area (Å²) in [6.07, 6.45) is 1.84. The first-order chi connectivity index (χ1) is 14.9. The van der Waals surface area contributed by atoms with Crippen molar-refractivity contribution in [3.8, 4) is 5.75 Å². The van der Waals surface area contributed by atoms with Gasteiger partial charge in [-0.1, -0.05) is 42.8 Å². The number of aliphatic hydroxyl groups excluding tert-OH is 1. The van der Waals surface area contributed by atoms with Gasteiger partial charge in [0.05, 0.1) is 15.6 Å². The molecule has 31 heavy (non-hydrogen) atoms. The summed E-state index contributed by atoms with van der Waals surface area (Å²) in [5.41, 5.74) is 2.53. The Morgan fingerprint density at radius 2 is 2.06 bits per heavy atom. The lowest BCUT2D eigenvalue weighted by atomic mass is 10.1. The Bertz CT molecular complexity index is 1040. The largest absolute Gasteiger partial charge is 0.489 e. The molecule has 0 bridgehead atoms. The van der Waals surface area contributed by atoms with Crippen LogP contribution in [0, 0.1) is 6.92 Å². The molecule has 0 spiro atoms. The number of nitrogens with zero attached hydrogens (tertiary/aromatic N) is 2. The fourth-order valence-corrected chi connectivity index (χ4v) is 4.15. The molecule has 8 heteroatoms. The van der Waals surface area contributed by atoms with Gasteiger partial charge in [-0.15, -0.1) is 0 Å². The zero-order valence-electron chi connectivity index (χ0n) is 17.2. The molecule has 1 saturated heterocycles. The maximum Gasteiger partial charge on any atom is 0.271 e. The summed E-state index contributed by atoms with van der Waals surface area (Å²) in [7, 11) is 0. The minimum absolute atomic E-state index is 0.139. The number of para-hydroxylation sites is 1. The van der Waals surface area contributed by atoms with E-state index in [1.54, 1.807) is 29.2 Å². The number of aryl methyl sites for hydroxylation is 1. The second kappa shape index (κ2) is 10.6. The third kappa shape index (κ3) is 5.55. The van der Waals surface area contributed by atoms with E-state index in [0.717, 1.165) is 23.2 Å². The molecule has 1 amide bonds. The smallest absolute Gasteiger partial charge is 0.271 e. The van der Waals surface area contributed by atoms with Gasteiger partial charge in [-0.05, 0) is 60.5 Å². The predicted octanol–water partition coefficient (Wildman–Crippen LogP) is 4.47. The van der Waals surface area contributed by atoms with E-state index >= 15 is 0 Å². The molecule has 162 valence electrons. The molecule has 1 fully saturated rings. The molecule has 1 aliphatic heterocycles. The minimum Gasteiger partial charge on any atom is -0.489 e. The topological polar surface area (TPSA) is 79.2 Å². The normalized spacial score (nSPS) is 17.4. The lowest BCUT2D eigenvalue weighted by molar-refractivity contribution is -0.116. The summed E-state index contributed by atoms with van der Waals surface area (Å²) in [5, 5.41) is 10.3. The number of amidine groups is 1. The maximum absolute atomic E-state index is 13.2. The van der Waals surface area contributed by atoms with Crippen LogP contribution < -0.4 is 9.64 Å². The number of benzene rings is 2. The van der Waals surface area contributed by atoms with Crippen molar-refractivity contribution in [2.75, 3.05) is 18.1 Å². The van der Waals surface area contributed by atoms with E-state index in [1.807, 2.05) is 38.1 Å². The number of carbonyl (C=O) groups excluding carboxylic acids is 2. The highest BCUT2D eigenvalue weighted by molar-refractivity contribution is 8.19. The van der Waals surface area contributed by atoms with Crippen molar-refractivity contribution in [3.63, 3.8) is 0 Å². The number of ether oxygens (including phenoxy) is 1. The van der Waals surface area contributed by atoms with Gasteiger partial charge < -0.3 is 14.6 Å². The summed E-state index contributed by atoms with van der Waals surface area (Å²) in [6, 6.07) is 12.8. The van der Waals surface area contributed by atoms with Crippen LogP contribution in [0.4, 0.5) is 5.69 Å². The number of carbonyl (C=O) groups is 2. The molecular weight excluding hydrogens is 436 g/mol. The summed E-state index contributed by atoms with van der Waals surface area (Å²) < 4.78 is 5.35. The van der Waals surface area contributed by atoms with E-state index in [2.05, 4.69) is 4.99 Å². The molecule has 1 N–H and O–H groups in total. The van der Waals surface area contributed by atoms with Gasteiger partial charge >= 0.3 is 0 Å². The average Bonchev–Trinajstić information content (AvgIpc) is 3.06. The monoisotopic (exact) mass is 458 g/mol. The fraction of sp³-hybridized carbons (Fsp3) is 0.261. The SMILES string of the molecule is CCC/N=C1/S/C(=C/c2ccc(OC[C@@H](O)C=O)c(Cl)c2)C(=O)N1c1ccccc1C. The standard InChI is InChI=1S/C23H23ClN2O4S/c1-3-10-25-23-26(19-7-5-4-6-15(19)2)22(29)21(31-23)12-16-8-9-20(18(24)11-16)30-14-17(28)13-27/h4-9,11-13,17,28H,3,10,14H2,1-2H3/b21-12+,25-23+/t17-/m0/s1. The van der Waals surface area contributed by atoms with E-state index in [0.29, 0.717) is 33.7 Å². The fourth-order valence-electron chi connectivity index (χ4n) is 2.90. The molecule has 2 aromatic carbocycles. The van der Waals surface area contributed by atoms with Crippen LogP contribution in [0.2, 0.25) is 5.02 Å². The van der Waals surface area contributed by atoms with Gasteiger partial charge in [-0.2, -0.15) is 0 Å². The number of amides is 1. The molecule has 3 rings (SSSR count). The Balaban J connectivity index is 1.88. The van der Waals surface area contributed by atoms with Crippen LogP contribution in [0.25, 0.3) is 6.08 Å². The first-order valence-electron chi connectivity index (χ1n) is 9.84. The summed E-state index contributed by atoms with van der Waals surface area (Å²) in [6.45, 7) is 4.46. The number of rotatable bonds is 8. The van der Waals surface area contributed by atoms with E-state index in [1.165, 1.54) is 11.8 Å². The van der Waals surface area contributed by atoms with E-state index in [9.17, 15) is 14.7 Å². The van der Waals surface area contributed by atoms with Crippen LogP contribution in [0.1, 0.15) is 24.5 Å². The Hall–Kier alpha value is -2.61. The average molecular weight is 459 g/mol. The van der Waals surface area contributed by atoms with Crippen molar-refractivity contribution in [2.24, 2.45) is 4.99 Å². The van der Waals surface area contributed by atoms with Gasteiger partial charge in [-0.25, -0.2) is 0 Å². The van der Waals surface area contributed by atoms with Crippen LogP contribution >= 0.6 is 23.4 Å². The third-order valence-electron chi connectivity index (χ3n) is 4.45. The van der Waals surface area contributed by atoms with Crippen LogP contribution in [0.15, 0.2) is 52.4 Å². The van der Waals surface area contributed by atoms with Crippen molar-refractivity contribution in [3.05, 3.63) is 63.5 Å². The highest BCUT2D eigenvalue weighted by atomic mass is 35.5. The Kier molecular flexibility index (Phi) is 7.90. The van der Waals surface area contributed by atoms with Crippen LogP contribution in [0.3, 0.4) is 0 Å². The van der Waals surface area contributed by atoms with Crippen molar-refractivity contribution in [1.29, 1.82) is 0 Å². The minimum atomic E-state index is -1.21. The Morgan fingerprint density at radius 1 is 1.29 bits per heavy atom. The zero-order chi connectivity index (χ0) is 22.4. The second-order valence-corrected chi connectivity index (χ2v) is 8.32. The summed E-state index contributed by atoms with van der Waals surface area (Å²) >= 11 is 7.60. The lowest BCUT2D eigenvalue weighted by Crippen LogP contribution is -2.29. The van der Waals surface area contributed by atoms with Crippen LogP contribution in [-0.4, -0.2) is 41.7 Å². The van der Waals surface area contributed by atoms with Crippen molar-refractivity contribution < 1.29 is 19.4 Å². The van der Waals surface area contributed by atoms with E-state index in [-0.39, 0.29) is 12.5 Å². The number of thioether (sulfide) groups is 1. The molecule has 0 unspecified atom stereocenters. The molecule has 2 aromatic rings. The van der Waals surface area contributed by atoms with Crippen molar-refractivity contribution in [1.82, 2.24) is 0 Å². The number of anilines is 1. The van der Waals surface area contributed by atoms with Gasteiger partial charge in [0.1, 0.15) is 18.5 Å². The van der Waals surface area contributed by atoms with E-state index < -0.39 is 6.10 Å². The van der Waals surface area contributed by atoms with Crippen LogP contribution in [-0.2, 0) is 9.59 Å². The molecule has 6 nitrogen and oxygen atoms in total. The Labute approximate surface area is 190 Å². The molecule has 0 saturated carbocycles. The molecule has 0 aromatic heterocycles. The van der Waals surface area contributed by atoms with Gasteiger partial charge in [0.25, 0.3) is 5.91 Å². The van der Waals surface area contributed by atoms with Crippen molar-refractivity contribution in [2.45, 2.75) is 26.4 Å². The number of aliphatic imine (C=N–C) groups is 1. The molecule has 1 aliphatic rings. The van der Waals surface area contributed by atoms with Gasteiger partial charge in [0, 0.05) is 6.54 Å². The number of aldehydes is 1. The van der Waals surface area contributed by atoms with Gasteiger partial charge in [0.2, 0.25) is 0 Å². The van der Waals surface area contributed by atoms with Gasteiger partial charge in [0.15, 0.2) is 11.5 Å². The number of hydrogen-bond donors (Lipinski definition) is 1. The highest BCUT2D eigenvalue weighted by Gasteiger charge is 2.35. The number of aliphatic hydroxyl groups is 1.